The van der Waals surface area contributed by atoms with E-state index in [1.807, 2.05) is 6.07 Å². The molecule has 0 saturated carbocycles. The molecule has 1 aromatic carbocycles. The second-order valence-electron chi connectivity index (χ2n) is 3.93. The van der Waals surface area contributed by atoms with Gasteiger partial charge in [0.25, 0.3) is 0 Å². The van der Waals surface area contributed by atoms with Crippen LogP contribution in [0.4, 0.5) is 4.39 Å². The van der Waals surface area contributed by atoms with Crippen molar-refractivity contribution in [2.24, 2.45) is 0 Å². The monoisotopic (exact) mass is 221 g/mol. The first kappa shape index (κ1) is 11.1. The minimum absolute atomic E-state index is 0.223. The van der Waals surface area contributed by atoms with Gasteiger partial charge < -0.3 is 9.73 Å². The van der Waals surface area contributed by atoms with Crippen LogP contribution in [0, 0.1) is 5.82 Å². The van der Waals surface area contributed by atoms with E-state index in [0.717, 1.165) is 29.7 Å². The molecule has 0 unspecified atom stereocenters. The van der Waals surface area contributed by atoms with Crippen LogP contribution in [-0.2, 0) is 6.54 Å². The molecule has 1 N–H and O–H groups in total. The van der Waals surface area contributed by atoms with E-state index < -0.39 is 0 Å². The van der Waals surface area contributed by atoms with Gasteiger partial charge in [0, 0.05) is 5.39 Å². The molecule has 0 aliphatic heterocycles. The maximum Gasteiger partial charge on any atom is 0.134 e. The molecule has 0 radical (unpaired) electrons. The van der Waals surface area contributed by atoms with E-state index >= 15 is 0 Å². The van der Waals surface area contributed by atoms with E-state index in [1.165, 1.54) is 18.6 Å². The zero-order valence-corrected chi connectivity index (χ0v) is 9.42. The molecule has 0 aliphatic rings. The number of hydrogen-bond acceptors (Lipinski definition) is 2. The van der Waals surface area contributed by atoms with E-state index in [0.29, 0.717) is 6.54 Å². The second kappa shape index (κ2) is 5.12. The Morgan fingerprint density at radius 2 is 2.19 bits per heavy atom. The van der Waals surface area contributed by atoms with Gasteiger partial charge in [0.2, 0.25) is 0 Å². The van der Waals surface area contributed by atoms with Crippen LogP contribution < -0.4 is 5.32 Å². The summed E-state index contributed by atoms with van der Waals surface area (Å²) < 4.78 is 18.5. The van der Waals surface area contributed by atoms with Crippen LogP contribution in [0.1, 0.15) is 25.5 Å². The Morgan fingerprint density at radius 1 is 1.31 bits per heavy atom. The lowest BCUT2D eigenvalue weighted by Gasteiger charge is -1.99. The van der Waals surface area contributed by atoms with Crippen molar-refractivity contribution in [1.29, 1.82) is 0 Å². The quantitative estimate of drug-likeness (QED) is 0.782. The van der Waals surface area contributed by atoms with Crippen molar-refractivity contribution in [3.63, 3.8) is 0 Å². The van der Waals surface area contributed by atoms with E-state index in [-0.39, 0.29) is 5.82 Å². The summed E-state index contributed by atoms with van der Waals surface area (Å²) in [7, 11) is 0. The highest BCUT2D eigenvalue weighted by Crippen LogP contribution is 2.20. The van der Waals surface area contributed by atoms with Crippen LogP contribution in [0.5, 0.6) is 0 Å². The third kappa shape index (κ3) is 2.61. The van der Waals surface area contributed by atoms with Gasteiger partial charge in [-0.1, -0.05) is 13.3 Å². The second-order valence-corrected chi connectivity index (χ2v) is 3.93. The maximum absolute atomic E-state index is 12.9. The smallest absolute Gasteiger partial charge is 0.134 e. The third-order valence-corrected chi connectivity index (χ3v) is 2.54. The predicted molar refractivity (Wildman–Crippen MR) is 62.8 cm³/mol. The average molecular weight is 221 g/mol. The Labute approximate surface area is 94.4 Å². The van der Waals surface area contributed by atoms with Crippen molar-refractivity contribution < 1.29 is 8.81 Å². The number of halogens is 1. The molecule has 0 saturated heterocycles. The van der Waals surface area contributed by atoms with Crippen molar-refractivity contribution in [3.8, 4) is 0 Å². The fraction of sp³-hybridized carbons (Fsp3) is 0.385. The van der Waals surface area contributed by atoms with Crippen LogP contribution in [0.2, 0.25) is 0 Å². The molecule has 86 valence electrons. The minimum atomic E-state index is -0.223. The zero-order chi connectivity index (χ0) is 11.4. The van der Waals surface area contributed by atoms with E-state index in [1.54, 1.807) is 6.07 Å². The molecule has 0 spiro atoms. The van der Waals surface area contributed by atoms with Gasteiger partial charge in [0.05, 0.1) is 6.54 Å². The summed E-state index contributed by atoms with van der Waals surface area (Å²) >= 11 is 0. The van der Waals surface area contributed by atoms with Crippen LogP contribution in [0.25, 0.3) is 11.0 Å². The Morgan fingerprint density at radius 3 is 3.00 bits per heavy atom. The first-order valence-corrected chi connectivity index (χ1v) is 5.68. The summed E-state index contributed by atoms with van der Waals surface area (Å²) in [6, 6.07) is 6.46. The zero-order valence-electron chi connectivity index (χ0n) is 9.42. The Balaban J connectivity index is 2.02. The lowest BCUT2D eigenvalue weighted by atomic mass is 10.2. The van der Waals surface area contributed by atoms with E-state index in [9.17, 15) is 4.39 Å². The molecule has 0 amide bonds. The van der Waals surface area contributed by atoms with Crippen molar-refractivity contribution in [2.45, 2.75) is 26.3 Å². The number of furan rings is 1. The maximum atomic E-state index is 12.9. The molecule has 2 aromatic rings. The van der Waals surface area contributed by atoms with Crippen LogP contribution in [-0.4, -0.2) is 6.54 Å². The molecule has 2 rings (SSSR count). The summed E-state index contributed by atoms with van der Waals surface area (Å²) in [5.74, 6) is 0.635. The number of benzene rings is 1. The fourth-order valence-corrected chi connectivity index (χ4v) is 1.67. The molecule has 2 nitrogen and oxygen atoms in total. The van der Waals surface area contributed by atoms with Crippen molar-refractivity contribution in [1.82, 2.24) is 5.32 Å². The Hall–Kier alpha value is -1.35. The fourth-order valence-electron chi connectivity index (χ4n) is 1.67. The van der Waals surface area contributed by atoms with Crippen LogP contribution >= 0.6 is 0 Å². The van der Waals surface area contributed by atoms with Gasteiger partial charge >= 0.3 is 0 Å². The summed E-state index contributed by atoms with van der Waals surface area (Å²) in [5.41, 5.74) is 0.744. The van der Waals surface area contributed by atoms with Crippen LogP contribution in [0.3, 0.4) is 0 Å². The summed E-state index contributed by atoms with van der Waals surface area (Å²) in [6.45, 7) is 3.85. The predicted octanol–water partition coefficient (Wildman–Crippen LogP) is 3.46. The largest absolute Gasteiger partial charge is 0.460 e. The van der Waals surface area contributed by atoms with E-state index in [2.05, 4.69) is 12.2 Å². The molecule has 3 heteroatoms. The first-order valence-electron chi connectivity index (χ1n) is 5.68. The molecular formula is C13H16FNO. The van der Waals surface area contributed by atoms with E-state index in [4.69, 9.17) is 4.42 Å². The molecule has 0 aliphatic carbocycles. The molecular weight excluding hydrogens is 205 g/mol. The molecule has 1 aromatic heterocycles. The minimum Gasteiger partial charge on any atom is -0.460 e. The third-order valence-electron chi connectivity index (χ3n) is 2.54. The van der Waals surface area contributed by atoms with Gasteiger partial charge in [-0.3, -0.25) is 0 Å². The molecule has 0 atom stereocenters. The topological polar surface area (TPSA) is 25.2 Å². The van der Waals surface area contributed by atoms with Crippen molar-refractivity contribution in [3.05, 3.63) is 35.8 Å². The van der Waals surface area contributed by atoms with Crippen LogP contribution in [0.15, 0.2) is 28.7 Å². The first-order chi connectivity index (χ1) is 7.79. The number of unbranched alkanes of at least 4 members (excludes halogenated alkanes) is 1. The molecule has 1 heterocycles. The highest BCUT2D eigenvalue weighted by Gasteiger charge is 2.03. The SMILES string of the molecule is CCCCNCc1cc2cc(F)ccc2o1. The highest BCUT2D eigenvalue weighted by molar-refractivity contribution is 5.77. The Bertz CT molecular complexity index is 464. The lowest BCUT2D eigenvalue weighted by Crippen LogP contribution is -2.13. The Kier molecular flexibility index (Phi) is 3.57. The van der Waals surface area contributed by atoms with Gasteiger partial charge in [-0.05, 0) is 37.2 Å². The van der Waals surface area contributed by atoms with Gasteiger partial charge in [0.15, 0.2) is 0 Å². The number of fused-ring (bicyclic) bond motifs is 1. The number of rotatable bonds is 5. The van der Waals surface area contributed by atoms with Gasteiger partial charge in [-0.2, -0.15) is 0 Å². The van der Waals surface area contributed by atoms with Gasteiger partial charge in [-0.15, -0.1) is 0 Å². The van der Waals surface area contributed by atoms with Crippen molar-refractivity contribution in [2.75, 3.05) is 6.54 Å². The standard InChI is InChI=1S/C13H16FNO/c1-2-3-6-15-9-12-8-10-7-11(14)4-5-13(10)16-12/h4-5,7-8,15H,2-3,6,9H2,1H3. The van der Waals surface area contributed by atoms with Gasteiger partial charge in [0.1, 0.15) is 17.2 Å². The normalized spacial score (nSPS) is 11.1. The molecule has 0 fully saturated rings. The molecule has 0 bridgehead atoms. The van der Waals surface area contributed by atoms with Gasteiger partial charge in [-0.25, -0.2) is 4.39 Å². The summed E-state index contributed by atoms with van der Waals surface area (Å²) in [5, 5.41) is 4.12. The summed E-state index contributed by atoms with van der Waals surface area (Å²) in [4.78, 5) is 0. The lowest BCUT2D eigenvalue weighted by molar-refractivity contribution is 0.509. The number of nitrogens with one attached hydrogen (secondary N) is 1. The highest BCUT2D eigenvalue weighted by atomic mass is 19.1. The summed E-state index contributed by atoms with van der Waals surface area (Å²) in [6.07, 6.45) is 2.34. The number of hydrogen-bond donors (Lipinski definition) is 1. The average Bonchev–Trinajstić information content (AvgIpc) is 2.66. The molecule has 16 heavy (non-hydrogen) atoms. The van der Waals surface area contributed by atoms with Crippen molar-refractivity contribution >= 4 is 11.0 Å².